The molecule has 1 aliphatic heterocycles. The van der Waals surface area contributed by atoms with Crippen molar-refractivity contribution in [1.82, 2.24) is 4.90 Å². The molecule has 2 aliphatic rings. The standard InChI is InChI=1S/C11H18BrNO2/c12-11(4-2-5-11)10(15)13-6-1-3-9(7-13)8-14/h9,14H,1-8H2. The van der Waals surface area contributed by atoms with E-state index in [2.05, 4.69) is 15.9 Å². The molecule has 1 N–H and O–H groups in total. The van der Waals surface area contributed by atoms with E-state index in [1.807, 2.05) is 4.90 Å². The molecule has 2 fully saturated rings. The van der Waals surface area contributed by atoms with Crippen LogP contribution in [-0.4, -0.2) is 39.9 Å². The topological polar surface area (TPSA) is 40.5 Å². The van der Waals surface area contributed by atoms with Gasteiger partial charge in [-0.15, -0.1) is 0 Å². The predicted octanol–water partition coefficient (Wildman–Crippen LogP) is 1.53. The molecule has 1 unspecified atom stereocenters. The lowest BCUT2D eigenvalue weighted by atomic mass is 9.83. The largest absolute Gasteiger partial charge is 0.396 e. The molecule has 15 heavy (non-hydrogen) atoms. The summed E-state index contributed by atoms with van der Waals surface area (Å²) < 4.78 is -0.260. The minimum absolute atomic E-state index is 0.207. The molecule has 3 nitrogen and oxygen atoms in total. The molecule has 0 aromatic heterocycles. The number of hydrogen-bond acceptors (Lipinski definition) is 2. The van der Waals surface area contributed by atoms with Gasteiger partial charge in [0.2, 0.25) is 5.91 Å². The third kappa shape index (κ3) is 2.21. The summed E-state index contributed by atoms with van der Waals surface area (Å²) in [4.78, 5) is 14.1. The Morgan fingerprint density at radius 3 is 2.73 bits per heavy atom. The predicted molar refractivity (Wildman–Crippen MR) is 61.9 cm³/mol. The Bertz CT molecular complexity index is 253. The Labute approximate surface area is 99.0 Å². The number of nitrogens with zero attached hydrogens (tertiary/aromatic N) is 1. The molecule has 0 radical (unpaired) electrons. The van der Waals surface area contributed by atoms with Crippen LogP contribution >= 0.6 is 15.9 Å². The van der Waals surface area contributed by atoms with E-state index in [4.69, 9.17) is 5.11 Å². The van der Waals surface area contributed by atoms with Gasteiger partial charge in [0.25, 0.3) is 0 Å². The van der Waals surface area contributed by atoms with Crippen LogP contribution in [0.25, 0.3) is 0 Å². The number of aliphatic hydroxyl groups is 1. The summed E-state index contributed by atoms with van der Waals surface area (Å²) >= 11 is 3.56. The van der Waals surface area contributed by atoms with Gasteiger partial charge >= 0.3 is 0 Å². The second kappa shape index (κ2) is 4.42. The number of hydrogen-bond donors (Lipinski definition) is 1. The third-order valence-corrected chi connectivity index (χ3v) is 4.73. The summed E-state index contributed by atoms with van der Waals surface area (Å²) in [5.41, 5.74) is 0. The normalized spacial score (nSPS) is 29.7. The monoisotopic (exact) mass is 275 g/mol. The van der Waals surface area contributed by atoms with E-state index in [1.165, 1.54) is 0 Å². The van der Waals surface area contributed by atoms with Crippen LogP contribution < -0.4 is 0 Å². The second-order valence-electron chi connectivity index (χ2n) is 4.76. The Morgan fingerprint density at radius 1 is 1.47 bits per heavy atom. The molecule has 1 atom stereocenters. The van der Waals surface area contributed by atoms with Gasteiger partial charge in [-0.25, -0.2) is 0 Å². The molecule has 2 rings (SSSR count). The summed E-state index contributed by atoms with van der Waals surface area (Å²) in [6.45, 7) is 1.81. The summed E-state index contributed by atoms with van der Waals surface area (Å²) in [6.07, 6.45) is 5.15. The quantitative estimate of drug-likeness (QED) is 0.777. The van der Waals surface area contributed by atoms with Crippen molar-refractivity contribution < 1.29 is 9.90 Å². The van der Waals surface area contributed by atoms with Crippen molar-refractivity contribution in [1.29, 1.82) is 0 Å². The number of amides is 1. The lowest BCUT2D eigenvalue weighted by Gasteiger charge is -2.41. The Hall–Kier alpha value is -0.0900. The summed E-state index contributed by atoms with van der Waals surface area (Å²) in [5.74, 6) is 0.533. The fraction of sp³-hybridized carbons (Fsp3) is 0.909. The Morgan fingerprint density at radius 2 is 2.20 bits per heavy atom. The SMILES string of the molecule is O=C(N1CCCC(CO)C1)C1(Br)CCC1. The van der Waals surface area contributed by atoms with Crippen LogP contribution in [0, 0.1) is 5.92 Å². The highest BCUT2D eigenvalue weighted by molar-refractivity contribution is 9.10. The lowest BCUT2D eigenvalue weighted by molar-refractivity contribution is -0.137. The van der Waals surface area contributed by atoms with Crippen LogP contribution in [0.1, 0.15) is 32.1 Å². The molecule has 1 amide bonds. The average molecular weight is 276 g/mol. The highest BCUT2D eigenvalue weighted by Gasteiger charge is 2.44. The first kappa shape index (κ1) is 11.4. The number of aliphatic hydroxyl groups excluding tert-OH is 1. The maximum Gasteiger partial charge on any atom is 0.239 e. The van der Waals surface area contributed by atoms with Crippen LogP contribution in [0.3, 0.4) is 0 Å². The van der Waals surface area contributed by atoms with Gasteiger partial charge < -0.3 is 10.0 Å². The first-order chi connectivity index (χ1) is 7.15. The number of halogens is 1. The average Bonchev–Trinajstić information content (AvgIpc) is 2.25. The molecular weight excluding hydrogens is 258 g/mol. The van der Waals surface area contributed by atoms with E-state index >= 15 is 0 Å². The first-order valence-electron chi connectivity index (χ1n) is 5.75. The summed E-state index contributed by atoms with van der Waals surface area (Å²) in [6, 6.07) is 0. The number of alkyl halides is 1. The van der Waals surface area contributed by atoms with Gasteiger partial charge in [-0.05, 0) is 38.0 Å². The third-order valence-electron chi connectivity index (χ3n) is 3.59. The number of rotatable bonds is 2. The van der Waals surface area contributed by atoms with Crippen molar-refractivity contribution in [2.75, 3.05) is 19.7 Å². The van der Waals surface area contributed by atoms with Gasteiger partial charge in [0.05, 0.1) is 0 Å². The van der Waals surface area contributed by atoms with Crippen molar-refractivity contribution in [3.05, 3.63) is 0 Å². The van der Waals surface area contributed by atoms with Gasteiger partial charge in [-0.2, -0.15) is 0 Å². The van der Waals surface area contributed by atoms with E-state index in [0.29, 0.717) is 5.92 Å². The molecule has 0 spiro atoms. The number of likely N-dealkylation sites (tertiary alicyclic amines) is 1. The summed E-state index contributed by atoms with van der Waals surface area (Å²) in [5, 5.41) is 9.11. The van der Waals surface area contributed by atoms with Crippen LogP contribution in [0.4, 0.5) is 0 Å². The smallest absolute Gasteiger partial charge is 0.239 e. The molecule has 0 aromatic rings. The van der Waals surface area contributed by atoms with E-state index < -0.39 is 0 Å². The van der Waals surface area contributed by atoms with Crippen molar-refractivity contribution >= 4 is 21.8 Å². The van der Waals surface area contributed by atoms with E-state index in [9.17, 15) is 4.79 Å². The molecule has 1 aliphatic carbocycles. The zero-order chi connectivity index (χ0) is 10.9. The minimum Gasteiger partial charge on any atom is -0.396 e. The zero-order valence-corrected chi connectivity index (χ0v) is 10.5. The van der Waals surface area contributed by atoms with Crippen molar-refractivity contribution in [2.45, 2.75) is 36.4 Å². The highest BCUT2D eigenvalue weighted by atomic mass is 79.9. The van der Waals surface area contributed by atoms with E-state index in [1.54, 1.807) is 0 Å². The van der Waals surface area contributed by atoms with Gasteiger partial charge in [-0.3, -0.25) is 4.79 Å². The maximum absolute atomic E-state index is 12.2. The molecule has 1 heterocycles. The van der Waals surface area contributed by atoms with Crippen LogP contribution in [0.15, 0.2) is 0 Å². The van der Waals surface area contributed by atoms with Crippen molar-refractivity contribution in [3.8, 4) is 0 Å². The van der Waals surface area contributed by atoms with Crippen molar-refractivity contribution in [2.24, 2.45) is 5.92 Å². The fourth-order valence-electron chi connectivity index (χ4n) is 2.38. The molecule has 1 saturated heterocycles. The zero-order valence-electron chi connectivity index (χ0n) is 8.91. The number of carbonyl (C=O) groups is 1. The fourth-order valence-corrected chi connectivity index (χ4v) is 3.19. The first-order valence-corrected chi connectivity index (χ1v) is 6.54. The molecule has 4 heteroatoms. The summed E-state index contributed by atoms with van der Waals surface area (Å²) in [7, 11) is 0. The Kier molecular flexibility index (Phi) is 3.36. The molecular formula is C11H18BrNO2. The molecule has 86 valence electrons. The molecule has 1 saturated carbocycles. The van der Waals surface area contributed by atoms with Gasteiger partial charge in [-0.1, -0.05) is 15.9 Å². The lowest BCUT2D eigenvalue weighted by Crippen LogP contribution is -2.52. The number of carbonyl (C=O) groups excluding carboxylic acids is 1. The minimum atomic E-state index is -0.260. The second-order valence-corrected chi connectivity index (χ2v) is 6.28. The van der Waals surface area contributed by atoms with Crippen LogP contribution in [0.5, 0.6) is 0 Å². The van der Waals surface area contributed by atoms with E-state index in [0.717, 1.165) is 45.2 Å². The van der Waals surface area contributed by atoms with Gasteiger partial charge in [0.1, 0.15) is 4.32 Å². The highest BCUT2D eigenvalue weighted by Crippen LogP contribution is 2.42. The molecule has 0 aromatic carbocycles. The van der Waals surface area contributed by atoms with Crippen LogP contribution in [0.2, 0.25) is 0 Å². The van der Waals surface area contributed by atoms with Gasteiger partial charge in [0.15, 0.2) is 0 Å². The Balaban J connectivity index is 1.95. The van der Waals surface area contributed by atoms with Gasteiger partial charge in [0, 0.05) is 19.7 Å². The number of piperidine rings is 1. The van der Waals surface area contributed by atoms with E-state index in [-0.39, 0.29) is 16.8 Å². The van der Waals surface area contributed by atoms with Crippen LogP contribution in [-0.2, 0) is 4.79 Å². The maximum atomic E-state index is 12.2. The molecule has 0 bridgehead atoms. The van der Waals surface area contributed by atoms with Crippen molar-refractivity contribution in [3.63, 3.8) is 0 Å².